The second-order valence-corrected chi connectivity index (χ2v) is 4.70. The van der Waals surface area contributed by atoms with Gasteiger partial charge in [-0.05, 0) is 55.3 Å². The Morgan fingerprint density at radius 3 is 2.32 bits per heavy atom. The molecular weight excluding hydrogens is 282 g/mol. The van der Waals surface area contributed by atoms with Crippen LogP contribution in [0.15, 0.2) is 36.4 Å². The van der Waals surface area contributed by atoms with Crippen molar-refractivity contribution < 1.29 is 19.7 Å². The maximum Gasteiger partial charge on any atom is 0.160 e. The summed E-state index contributed by atoms with van der Waals surface area (Å²) in [6, 6.07) is 10.1. The fourth-order valence-corrected chi connectivity index (χ4v) is 1.81. The number of hydrogen-bond acceptors (Lipinski definition) is 5. The molecule has 2 aromatic rings. The van der Waals surface area contributed by atoms with Gasteiger partial charge in [0.05, 0.1) is 7.11 Å². The molecule has 0 aromatic heterocycles. The lowest BCUT2D eigenvalue weighted by Crippen LogP contribution is -2.01. The normalized spacial score (nSPS) is 9.59. The molecule has 0 atom stereocenters. The number of hydrogen-bond donors (Lipinski definition) is 3. The second-order valence-electron chi connectivity index (χ2n) is 4.70. The summed E-state index contributed by atoms with van der Waals surface area (Å²) in [5.74, 6) is 0.684. The van der Waals surface area contributed by atoms with E-state index in [9.17, 15) is 9.90 Å². The second kappa shape index (κ2) is 8.69. The molecule has 22 heavy (non-hydrogen) atoms. The third-order valence-corrected chi connectivity index (χ3v) is 3.06. The van der Waals surface area contributed by atoms with Crippen LogP contribution < -0.4 is 10.5 Å². The number of rotatable bonds is 4. The molecule has 5 heteroatoms. The van der Waals surface area contributed by atoms with E-state index in [-0.39, 0.29) is 5.75 Å². The van der Waals surface area contributed by atoms with Crippen molar-refractivity contribution in [3.8, 4) is 17.2 Å². The van der Waals surface area contributed by atoms with Crippen molar-refractivity contribution in [1.82, 2.24) is 0 Å². The van der Waals surface area contributed by atoms with E-state index in [4.69, 9.17) is 15.6 Å². The molecule has 0 bridgehead atoms. The topological polar surface area (TPSA) is 92.8 Å². The molecule has 0 radical (unpaired) electrons. The first-order valence-corrected chi connectivity index (χ1v) is 6.82. The molecule has 2 aromatic carbocycles. The fourth-order valence-electron chi connectivity index (χ4n) is 1.81. The van der Waals surface area contributed by atoms with E-state index in [0.717, 1.165) is 12.0 Å². The van der Waals surface area contributed by atoms with E-state index in [2.05, 4.69) is 0 Å². The molecule has 0 spiro atoms. The van der Waals surface area contributed by atoms with Gasteiger partial charge in [0.2, 0.25) is 0 Å². The number of phenolic OH excluding ortho intramolecular Hbond substituents is 2. The van der Waals surface area contributed by atoms with Crippen LogP contribution >= 0.6 is 0 Å². The molecule has 0 aliphatic rings. The van der Waals surface area contributed by atoms with Crippen molar-refractivity contribution in [2.45, 2.75) is 13.3 Å². The van der Waals surface area contributed by atoms with E-state index in [1.807, 2.05) is 12.1 Å². The SMILES string of the molecule is COc1cc(C)c(C=O)cc1O.NCCc1ccc(O)cc1. The van der Waals surface area contributed by atoms with Crippen molar-refractivity contribution in [3.05, 3.63) is 53.1 Å². The minimum atomic E-state index is -0.00907. The molecule has 118 valence electrons. The smallest absolute Gasteiger partial charge is 0.160 e. The Kier molecular flexibility index (Phi) is 6.92. The Labute approximate surface area is 130 Å². The summed E-state index contributed by atoms with van der Waals surface area (Å²) in [5.41, 5.74) is 7.77. The van der Waals surface area contributed by atoms with Crippen LogP contribution in [-0.2, 0) is 6.42 Å². The van der Waals surface area contributed by atoms with Gasteiger partial charge in [-0.25, -0.2) is 0 Å². The van der Waals surface area contributed by atoms with Gasteiger partial charge < -0.3 is 20.7 Å². The van der Waals surface area contributed by atoms with E-state index in [1.54, 1.807) is 25.1 Å². The van der Waals surface area contributed by atoms with Crippen LogP contribution in [0.25, 0.3) is 0 Å². The minimum absolute atomic E-state index is 0.00907. The first-order valence-electron chi connectivity index (χ1n) is 6.82. The number of carbonyl (C=O) groups excluding carboxylic acids is 1. The zero-order chi connectivity index (χ0) is 16.5. The predicted molar refractivity (Wildman–Crippen MR) is 85.6 cm³/mol. The number of aromatic hydroxyl groups is 2. The highest BCUT2D eigenvalue weighted by atomic mass is 16.5. The summed E-state index contributed by atoms with van der Waals surface area (Å²) in [7, 11) is 1.47. The van der Waals surface area contributed by atoms with Crippen molar-refractivity contribution in [2.75, 3.05) is 13.7 Å². The summed E-state index contributed by atoms with van der Waals surface area (Å²) >= 11 is 0. The van der Waals surface area contributed by atoms with E-state index in [0.29, 0.717) is 29.9 Å². The van der Waals surface area contributed by atoms with Crippen molar-refractivity contribution in [1.29, 1.82) is 0 Å². The summed E-state index contributed by atoms with van der Waals surface area (Å²) in [4.78, 5) is 10.4. The minimum Gasteiger partial charge on any atom is -0.508 e. The largest absolute Gasteiger partial charge is 0.508 e. The third-order valence-electron chi connectivity index (χ3n) is 3.06. The van der Waals surface area contributed by atoms with E-state index in [1.165, 1.54) is 18.7 Å². The maximum absolute atomic E-state index is 10.4. The average Bonchev–Trinajstić information content (AvgIpc) is 2.52. The lowest BCUT2D eigenvalue weighted by atomic mass is 10.1. The molecule has 0 amide bonds. The summed E-state index contributed by atoms with van der Waals surface area (Å²) < 4.78 is 4.86. The third kappa shape index (κ3) is 5.10. The van der Waals surface area contributed by atoms with Crippen LogP contribution in [-0.4, -0.2) is 30.2 Å². The first kappa shape index (κ1) is 17.5. The molecule has 0 unspecified atom stereocenters. The molecule has 0 aliphatic carbocycles. The lowest BCUT2D eigenvalue weighted by Gasteiger charge is -2.05. The van der Waals surface area contributed by atoms with Gasteiger partial charge in [0.15, 0.2) is 11.5 Å². The standard InChI is InChI=1S/C9H10O3.C8H11NO/c1-6-3-9(12-2)8(11)4-7(6)5-10;9-6-5-7-1-3-8(10)4-2-7/h3-5,11H,1-2H3;1-4,10H,5-6,9H2. The summed E-state index contributed by atoms with van der Waals surface area (Å²) in [6.45, 7) is 2.44. The molecule has 0 fully saturated rings. The van der Waals surface area contributed by atoms with Crippen LogP contribution in [0.1, 0.15) is 21.5 Å². The number of aldehydes is 1. The van der Waals surface area contributed by atoms with Crippen molar-refractivity contribution in [2.24, 2.45) is 5.73 Å². The highest BCUT2D eigenvalue weighted by molar-refractivity contribution is 5.78. The molecule has 2 rings (SSSR count). The fraction of sp³-hybridized carbons (Fsp3) is 0.235. The summed E-state index contributed by atoms with van der Waals surface area (Å²) in [5, 5.41) is 18.2. The average molecular weight is 303 g/mol. The quantitative estimate of drug-likeness (QED) is 0.754. The van der Waals surface area contributed by atoms with Gasteiger partial charge in [-0.2, -0.15) is 0 Å². The van der Waals surface area contributed by atoms with Gasteiger partial charge in [-0.3, -0.25) is 4.79 Å². The van der Waals surface area contributed by atoms with Crippen LogP contribution in [0.4, 0.5) is 0 Å². The monoisotopic (exact) mass is 303 g/mol. The number of phenols is 2. The number of ether oxygens (including phenoxy) is 1. The van der Waals surface area contributed by atoms with E-state index >= 15 is 0 Å². The first-order chi connectivity index (χ1) is 10.5. The van der Waals surface area contributed by atoms with Gasteiger partial charge in [-0.1, -0.05) is 12.1 Å². The number of aryl methyl sites for hydroxylation is 1. The van der Waals surface area contributed by atoms with Gasteiger partial charge in [0.1, 0.15) is 12.0 Å². The number of carbonyl (C=O) groups is 1. The molecule has 0 saturated carbocycles. The molecular formula is C17H21NO4. The Hall–Kier alpha value is -2.53. The summed E-state index contributed by atoms with van der Waals surface area (Å²) in [6.07, 6.45) is 1.58. The Balaban J connectivity index is 0.000000224. The van der Waals surface area contributed by atoms with Crippen LogP contribution in [0.5, 0.6) is 17.2 Å². The van der Waals surface area contributed by atoms with Crippen LogP contribution in [0.3, 0.4) is 0 Å². The molecule has 0 heterocycles. The zero-order valence-corrected chi connectivity index (χ0v) is 12.7. The number of methoxy groups -OCH3 is 1. The van der Waals surface area contributed by atoms with E-state index < -0.39 is 0 Å². The van der Waals surface area contributed by atoms with Crippen LogP contribution in [0.2, 0.25) is 0 Å². The highest BCUT2D eigenvalue weighted by Crippen LogP contribution is 2.28. The maximum atomic E-state index is 10.4. The van der Waals surface area contributed by atoms with Crippen LogP contribution in [0, 0.1) is 6.92 Å². The Morgan fingerprint density at radius 2 is 1.82 bits per heavy atom. The van der Waals surface area contributed by atoms with Crippen molar-refractivity contribution >= 4 is 6.29 Å². The Bertz CT molecular complexity index is 609. The molecule has 4 N–H and O–H groups in total. The van der Waals surface area contributed by atoms with Crippen molar-refractivity contribution in [3.63, 3.8) is 0 Å². The lowest BCUT2D eigenvalue weighted by molar-refractivity contribution is 0.112. The van der Waals surface area contributed by atoms with Gasteiger partial charge in [0, 0.05) is 5.56 Å². The van der Waals surface area contributed by atoms with Gasteiger partial charge in [0.25, 0.3) is 0 Å². The number of benzene rings is 2. The molecule has 0 aliphatic heterocycles. The predicted octanol–water partition coefficient (Wildman–Crippen LogP) is 2.42. The zero-order valence-electron chi connectivity index (χ0n) is 12.7. The van der Waals surface area contributed by atoms with Gasteiger partial charge >= 0.3 is 0 Å². The van der Waals surface area contributed by atoms with Gasteiger partial charge in [-0.15, -0.1) is 0 Å². The number of nitrogens with two attached hydrogens (primary N) is 1. The molecule has 5 nitrogen and oxygen atoms in total. The highest BCUT2D eigenvalue weighted by Gasteiger charge is 2.05. The Morgan fingerprint density at radius 1 is 1.18 bits per heavy atom. The molecule has 0 saturated heterocycles.